The highest BCUT2D eigenvalue weighted by Gasteiger charge is 2.24. The zero-order valence-corrected chi connectivity index (χ0v) is 11.1. The summed E-state index contributed by atoms with van der Waals surface area (Å²) in [5.41, 5.74) is -0.172. The number of rotatable bonds is 4. The lowest BCUT2D eigenvalue weighted by atomic mass is 9.96. The van der Waals surface area contributed by atoms with Gasteiger partial charge in [-0.3, -0.25) is 4.79 Å². The van der Waals surface area contributed by atoms with E-state index in [-0.39, 0.29) is 11.4 Å². The van der Waals surface area contributed by atoms with Crippen LogP contribution in [-0.2, 0) is 14.9 Å². The summed E-state index contributed by atoms with van der Waals surface area (Å²) in [5, 5.41) is 3.88. The fourth-order valence-corrected chi connectivity index (χ4v) is 1.22. The van der Waals surface area contributed by atoms with E-state index in [0.717, 1.165) is 6.42 Å². The maximum Gasteiger partial charge on any atom is 0.306 e. The van der Waals surface area contributed by atoms with Crippen molar-refractivity contribution in [2.75, 3.05) is 0 Å². The molecule has 1 heterocycles. The zero-order chi connectivity index (χ0) is 13.1. The Morgan fingerprint density at radius 2 is 2.12 bits per heavy atom. The van der Waals surface area contributed by atoms with Crippen molar-refractivity contribution < 1.29 is 14.1 Å². The maximum absolute atomic E-state index is 11.3. The molecule has 0 aliphatic heterocycles. The fourth-order valence-electron chi connectivity index (χ4n) is 1.22. The molecule has 1 rings (SSSR count). The van der Waals surface area contributed by atoms with Crippen LogP contribution in [0.1, 0.15) is 65.3 Å². The Labute approximate surface area is 102 Å². The molecule has 1 unspecified atom stereocenters. The molecule has 0 saturated heterocycles. The second kappa shape index (κ2) is 5.29. The van der Waals surface area contributed by atoms with E-state index in [1.807, 2.05) is 27.7 Å². The van der Waals surface area contributed by atoms with Gasteiger partial charge in [0.25, 0.3) is 5.89 Å². The molecule has 0 spiro atoms. The molecule has 0 N–H and O–H groups in total. The lowest BCUT2D eigenvalue weighted by molar-refractivity contribution is -0.149. The third kappa shape index (κ3) is 3.84. The van der Waals surface area contributed by atoms with Gasteiger partial charge in [-0.2, -0.15) is 4.98 Å². The van der Waals surface area contributed by atoms with Crippen LogP contribution < -0.4 is 0 Å². The van der Waals surface area contributed by atoms with Crippen LogP contribution in [0.3, 0.4) is 0 Å². The second-order valence-corrected chi connectivity index (χ2v) is 5.09. The number of hydrogen-bond donors (Lipinski definition) is 0. The summed E-state index contributed by atoms with van der Waals surface area (Å²) in [6, 6.07) is 0. The Morgan fingerprint density at radius 3 is 2.59 bits per heavy atom. The van der Waals surface area contributed by atoms with Gasteiger partial charge in [0.15, 0.2) is 11.9 Å². The van der Waals surface area contributed by atoms with E-state index in [0.29, 0.717) is 18.1 Å². The smallest absolute Gasteiger partial charge is 0.306 e. The number of carbonyl (C=O) groups is 1. The molecule has 0 aliphatic rings. The quantitative estimate of drug-likeness (QED) is 0.757. The van der Waals surface area contributed by atoms with Gasteiger partial charge in [-0.25, -0.2) is 0 Å². The van der Waals surface area contributed by atoms with Crippen molar-refractivity contribution in [1.29, 1.82) is 0 Å². The van der Waals surface area contributed by atoms with Crippen LogP contribution in [0.5, 0.6) is 0 Å². The zero-order valence-electron chi connectivity index (χ0n) is 11.1. The Morgan fingerprint density at radius 1 is 1.47 bits per heavy atom. The van der Waals surface area contributed by atoms with E-state index in [9.17, 15) is 4.79 Å². The van der Waals surface area contributed by atoms with Crippen molar-refractivity contribution in [3.63, 3.8) is 0 Å². The van der Waals surface area contributed by atoms with Crippen LogP contribution in [-0.4, -0.2) is 16.1 Å². The number of nitrogens with zero attached hydrogens (tertiary/aromatic N) is 2. The molecule has 0 amide bonds. The van der Waals surface area contributed by atoms with E-state index in [2.05, 4.69) is 10.1 Å². The molecule has 0 fully saturated rings. The fraction of sp³-hybridized carbons (Fsp3) is 0.750. The molecular formula is C12H20N2O3. The first-order chi connectivity index (χ1) is 7.84. The summed E-state index contributed by atoms with van der Waals surface area (Å²) in [4.78, 5) is 15.6. The molecule has 96 valence electrons. The van der Waals surface area contributed by atoms with Crippen molar-refractivity contribution in [1.82, 2.24) is 10.1 Å². The van der Waals surface area contributed by atoms with Gasteiger partial charge in [0.05, 0.1) is 0 Å². The number of esters is 1. The number of aromatic nitrogens is 2. The molecule has 17 heavy (non-hydrogen) atoms. The molecule has 5 nitrogen and oxygen atoms in total. The number of hydrogen-bond acceptors (Lipinski definition) is 5. The van der Waals surface area contributed by atoms with Crippen LogP contribution in [0.2, 0.25) is 0 Å². The first kappa shape index (κ1) is 13.7. The Balaban J connectivity index is 2.67. The van der Waals surface area contributed by atoms with E-state index in [4.69, 9.17) is 9.26 Å². The third-order valence-corrected chi connectivity index (χ3v) is 2.22. The average Bonchev–Trinajstić information content (AvgIpc) is 2.65. The van der Waals surface area contributed by atoms with Crippen molar-refractivity contribution in [3.05, 3.63) is 11.7 Å². The van der Waals surface area contributed by atoms with Gasteiger partial charge in [0.2, 0.25) is 0 Å². The Bertz CT molecular complexity index is 379. The summed E-state index contributed by atoms with van der Waals surface area (Å²) in [6.07, 6.45) is 0.686. The highest BCUT2D eigenvalue weighted by molar-refractivity contribution is 5.69. The maximum atomic E-state index is 11.3. The van der Waals surface area contributed by atoms with Gasteiger partial charge < -0.3 is 9.26 Å². The molecule has 1 aromatic heterocycles. The average molecular weight is 240 g/mol. The topological polar surface area (TPSA) is 65.2 Å². The minimum Gasteiger partial charge on any atom is -0.453 e. The first-order valence-corrected chi connectivity index (χ1v) is 5.88. The molecule has 1 aromatic rings. The van der Waals surface area contributed by atoms with Gasteiger partial charge in [0.1, 0.15) is 0 Å². The summed E-state index contributed by atoms with van der Waals surface area (Å²) < 4.78 is 10.3. The predicted octanol–water partition coefficient (Wildman–Crippen LogP) is 2.77. The molecule has 1 atom stereocenters. The Hall–Kier alpha value is -1.39. The largest absolute Gasteiger partial charge is 0.453 e. The minimum atomic E-state index is -0.488. The van der Waals surface area contributed by atoms with Crippen molar-refractivity contribution in [2.45, 2.75) is 59.0 Å². The summed E-state index contributed by atoms with van der Waals surface area (Å²) in [7, 11) is 0. The molecule has 0 radical (unpaired) electrons. The van der Waals surface area contributed by atoms with Crippen molar-refractivity contribution >= 4 is 5.97 Å². The molecule has 0 saturated carbocycles. The highest BCUT2D eigenvalue weighted by Crippen LogP contribution is 2.22. The predicted molar refractivity (Wildman–Crippen MR) is 62.4 cm³/mol. The van der Waals surface area contributed by atoms with Crippen LogP contribution >= 0.6 is 0 Å². The lowest BCUT2D eigenvalue weighted by Gasteiger charge is -2.11. The van der Waals surface area contributed by atoms with Crippen LogP contribution in [0.25, 0.3) is 0 Å². The van der Waals surface area contributed by atoms with Crippen LogP contribution in [0.4, 0.5) is 0 Å². The number of ether oxygens (including phenoxy) is 1. The van der Waals surface area contributed by atoms with Gasteiger partial charge in [-0.1, -0.05) is 32.9 Å². The van der Waals surface area contributed by atoms with Gasteiger partial charge in [-0.15, -0.1) is 0 Å². The third-order valence-electron chi connectivity index (χ3n) is 2.22. The van der Waals surface area contributed by atoms with Crippen LogP contribution in [0, 0.1) is 0 Å². The Kier molecular flexibility index (Phi) is 4.26. The summed E-state index contributed by atoms with van der Waals surface area (Å²) in [5.74, 6) is 0.723. The first-order valence-electron chi connectivity index (χ1n) is 5.88. The van der Waals surface area contributed by atoms with Gasteiger partial charge >= 0.3 is 5.97 Å². The van der Waals surface area contributed by atoms with Crippen molar-refractivity contribution in [2.24, 2.45) is 0 Å². The standard InChI is InChI=1S/C12H20N2O3/c1-6-7-9(15)16-8(2)10-13-11(14-17-10)12(3,4)5/h8H,6-7H2,1-5H3. The summed E-state index contributed by atoms with van der Waals surface area (Å²) in [6.45, 7) is 9.64. The normalized spacial score (nSPS) is 13.5. The van der Waals surface area contributed by atoms with Gasteiger partial charge in [0, 0.05) is 11.8 Å². The van der Waals surface area contributed by atoms with E-state index < -0.39 is 6.10 Å². The molecule has 0 aliphatic carbocycles. The second-order valence-electron chi connectivity index (χ2n) is 5.09. The van der Waals surface area contributed by atoms with E-state index in [1.165, 1.54) is 0 Å². The summed E-state index contributed by atoms with van der Waals surface area (Å²) >= 11 is 0. The number of carbonyl (C=O) groups excluding carboxylic acids is 1. The SMILES string of the molecule is CCCC(=O)OC(C)c1nc(C(C)(C)C)no1. The highest BCUT2D eigenvalue weighted by atomic mass is 16.6. The lowest BCUT2D eigenvalue weighted by Crippen LogP contribution is -2.14. The van der Waals surface area contributed by atoms with Gasteiger partial charge in [-0.05, 0) is 13.3 Å². The molecular weight excluding hydrogens is 220 g/mol. The minimum absolute atomic E-state index is 0.172. The molecule has 5 heteroatoms. The molecule has 0 aromatic carbocycles. The van der Waals surface area contributed by atoms with E-state index >= 15 is 0 Å². The monoisotopic (exact) mass is 240 g/mol. The van der Waals surface area contributed by atoms with Crippen LogP contribution in [0.15, 0.2) is 4.52 Å². The van der Waals surface area contributed by atoms with E-state index in [1.54, 1.807) is 6.92 Å². The molecule has 0 bridgehead atoms. The van der Waals surface area contributed by atoms with Crippen molar-refractivity contribution in [3.8, 4) is 0 Å².